The van der Waals surface area contributed by atoms with Gasteiger partial charge in [-0.3, -0.25) is 10.3 Å². The summed E-state index contributed by atoms with van der Waals surface area (Å²) in [6.45, 7) is -0.130. The number of rotatable bonds is 6. The summed E-state index contributed by atoms with van der Waals surface area (Å²) in [6, 6.07) is 14.5. The van der Waals surface area contributed by atoms with E-state index in [1.165, 1.54) is 11.3 Å². The molecule has 0 fully saturated rings. The highest BCUT2D eigenvalue weighted by Crippen LogP contribution is 2.29. The van der Waals surface area contributed by atoms with E-state index in [0.717, 1.165) is 27.5 Å². The van der Waals surface area contributed by atoms with Crippen molar-refractivity contribution < 1.29 is 14.3 Å². The minimum atomic E-state index is -0.929. The number of nitrogens with one attached hydrogen (secondary N) is 2. The number of fused-ring (bicyclic) bond motifs is 1. The highest BCUT2D eigenvalue weighted by atomic mass is 32.1. The number of urea groups is 1. The zero-order valence-electron chi connectivity index (χ0n) is 17.3. The molecule has 8 nitrogen and oxygen atoms in total. The van der Waals surface area contributed by atoms with Crippen LogP contribution in [0, 0.1) is 12.3 Å². The van der Waals surface area contributed by atoms with Crippen LogP contribution in [-0.2, 0) is 4.74 Å². The third kappa shape index (κ3) is 5.26. The lowest BCUT2D eigenvalue weighted by Gasteiger charge is -2.19. The van der Waals surface area contributed by atoms with Crippen molar-refractivity contribution in [2.45, 2.75) is 6.04 Å². The topological polar surface area (TPSA) is 119 Å². The normalized spacial score (nSPS) is 11.4. The lowest BCUT2D eigenvalue weighted by molar-refractivity contribution is 0.144. The van der Waals surface area contributed by atoms with Gasteiger partial charge in [0, 0.05) is 23.2 Å². The molecule has 4 N–H and O–H groups in total. The van der Waals surface area contributed by atoms with Crippen LogP contribution in [0.4, 0.5) is 15.4 Å². The number of amides is 3. The van der Waals surface area contributed by atoms with E-state index in [4.69, 9.17) is 16.9 Å². The van der Waals surface area contributed by atoms with Gasteiger partial charge in [0.2, 0.25) is 0 Å². The van der Waals surface area contributed by atoms with E-state index < -0.39 is 18.2 Å². The van der Waals surface area contributed by atoms with Crippen LogP contribution in [-0.4, -0.2) is 28.7 Å². The van der Waals surface area contributed by atoms with Crippen LogP contribution in [0.15, 0.2) is 66.3 Å². The Morgan fingerprint density at radius 3 is 2.73 bits per heavy atom. The molecule has 0 saturated carbocycles. The molecule has 0 spiro atoms. The van der Waals surface area contributed by atoms with Crippen molar-refractivity contribution in [2.75, 3.05) is 11.9 Å². The molecule has 2 aromatic heterocycles. The number of ether oxygens (including phenoxy) is 1. The zero-order chi connectivity index (χ0) is 23.2. The van der Waals surface area contributed by atoms with Gasteiger partial charge in [0.25, 0.3) is 0 Å². The second-order valence-electron chi connectivity index (χ2n) is 6.99. The van der Waals surface area contributed by atoms with Gasteiger partial charge in [-0.2, -0.15) is 0 Å². The maximum Gasteiger partial charge on any atom is 0.404 e. The summed E-state index contributed by atoms with van der Waals surface area (Å²) in [4.78, 5) is 31.9. The fourth-order valence-electron chi connectivity index (χ4n) is 3.36. The standard InChI is InChI=1S/C24H19N5O3S/c1-2-22-28-21(14-33-22)29-24(31)27-20(13-32-23(25)30)16-8-6-15(7-9-16)18-5-3-4-17-12-26-11-10-19(17)18/h1,3-12,14,20H,13H2,(H2,25,30)(H2,27,29,31). The second kappa shape index (κ2) is 9.80. The molecule has 2 heterocycles. The smallest absolute Gasteiger partial charge is 0.404 e. The Labute approximate surface area is 193 Å². The second-order valence-corrected chi connectivity index (χ2v) is 7.85. The van der Waals surface area contributed by atoms with Gasteiger partial charge in [-0.25, -0.2) is 14.6 Å². The van der Waals surface area contributed by atoms with Crippen molar-refractivity contribution in [3.63, 3.8) is 0 Å². The zero-order valence-corrected chi connectivity index (χ0v) is 18.1. The Hall–Kier alpha value is -4.42. The molecule has 3 amide bonds. The Balaban J connectivity index is 1.54. The Bertz CT molecular complexity index is 1340. The number of aromatic nitrogens is 2. The number of carbonyl (C=O) groups excluding carboxylic acids is 2. The van der Waals surface area contributed by atoms with Gasteiger partial charge in [-0.1, -0.05) is 42.5 Å². The maximum atomic E-state index is 12.5. The van der Waals surface area contributed by atoms with Crippen molar-refractivity contribution in [3.05, 3.63) is 76.9 Å². The Morgan fingerprint density at radius 2 is 2.00 bits per heavy atom. The molecule has 4 rings (SSSR count). The van der Waals surface area contributed by atoms with Crippen molar-refractivity contribution in [1.29, 1.82) is 0 Å². The molecule has 164 valence electrons. The molecular weight excluding hydrogens is 438 g/mol. The molecule has 33 heavy (non-hydrogen) atoms. The number of nitrogens with two attached hydrogens (primary N) is 1. The fraction of sp³-hybridized carbons (Fsp3) is 0.0833. The van der Waals surface area contributed by atoms with Crippen LogP contribution in [0.1, 0.15) is 16.6 Å². The molecule has 0 bridgehead atoms. The van der Waals surface area contributed by atoms with E-state index in [1.54, 1.807) is 11.6 Å². The highest BCUT2D eigenvalue weighted by Gasteiger charge is 2.18. The van der Waals surface area contributed by atoms with Crippen molar-refractivity contribution in [1.82, 2.24) is 15.3 Å². The first-order valence-electron chi connectivity index (χ1n) is 9.88. The molecule has 0 aliphatic carbocycles. The van der Waals surface area contributed by atoms with Gasteiger partial charge >= 0.3 is 12.1 Å². The van der Waals surface area contributed by atoms with E-state index in [0.29, 0.717) is 10.8 Å². The summed E-state index contributed by atoms with van der Waals surface area (Å²) in [5.41, 5.74) is 7.92. The number of hydrogen-bond donors (Lipinski definition) is 3. The largest absolute Gasteiger partial charge is 0.447 e. The maximum absolute atomic E-state index is 12.5. The first-order valence-corrected chi connectivity index (χ1v) is 10.8. The van der Waals surface area contributed by atoms with Crippen LogP contribution in [0.25, 0.3) is 21.9 Å². The Kier molecular flexibility index (Phi) is 6.48. The van der Waals surface area contributed by atoms with Crippen molar-refractivity contribution in [2.24, 2.45) is 5.73 Å². The molecule has 9 heteroatoms. The predicted octanol–water partition coefficient (Wildman–Crippen LogP) is 4.30. The molecule has 0 aliphatic rings. The fourth-order valence-corrected chi connectivity index (χ4v) is 3.92. The summed E-state index contributed by atoms with van der Waals surface area (Å²) < 4.78 is 4.95. The quantitative estimate of drug-likeness (QED) is 0.373. The first-order chi connectivity index (χ1) is 16.0. The van der Waals surface area contributed by atoms with Gasteiger partial charge in [0.05, 0.1) is 6.04 Å². The number of benzene rings is 2. The molecular formula is C24H19N5O3S. The van der Waals surface area contributed by atoms with E-state index in [2.05, 4.69) is 26.5 Å². The first kappa shape index (κ1) is 21.8. The van der Waals surface area contributed by atoms with E-state index in [1.807, 2.05) is 54.7 Å². The van der Waals surface area contributed by atoms with Crippen LogP contribution in [0.5, 0.6) is 0 Å². The molecule has 2 aromatic carbocycles. The average molecular weight is 458 g/mol. The molecule has 4 aromatic rings. The molecule has 1 atom stereocenters. The summed E-state index contributed by atoms with van der Waals surface area (Å²) in [5, 5.41) is 9.61. The Morgan fingerprint density at radius 1 is 1.18 bits per heavy atom. The number of primary amides is 1. The minimum absolute atomic E-state index is 0.130. The molecule has 0 aliphatic heterocycles. The minimum Gasteiger partial charge on any atom is -0.447 e. The summed E-state index contributed by atoms with van der Waals surface area (Å²) in [7, 11) is 0. The van der Waals surface area contributed by atoms with Gasteiger partial charge in [0.1, 0.15) is 12.4 Å². The lowest BCUT2D eigenvalue weighted by Crippen LogP contribution is -2.36. The molecule has 1 unspecified atom stereocenters. The lowest BCUT2D eigenvalue weighted by atomic mass is 9.97. The van der Waals surface area contributed by atoms with Crippen LogP contribution < -0.4 is 16.4 Å². The number of terminal acetylenes is 1. The van der Waals surface area contributed by atoms with E-state index in [-0.39, 0.29) is 6.61 Å². The number of thiazole rings is 1. The van der Waals surface area contributed by atoms with E-state index >= 15 is 0 Å². The number of hydrogen-bond acceptors (Lipinski definition) is 6. The number of carbonyl (C=O) groups is 2. The van der Waals surface area contributed by atoms with E-state index in [9.17, 15) is 9.59 Å². The summed E-state index contributed by atoms with van der Waals surface area (Å²) in [6.07, 6.45) is 7.96. The molecule has 0 radical (unpaired) electrons. The number of pyridine rings is 1. The van der Waals surface area contributed by atoms with Crippen LogP contribution >= 0.6 is 11.3 Å². The number of anilines is 1. The highest BCUT2D eigenvalue weighted by molar-refractivity contribution is 7.10. The third-order valence-corrected chi connectivity index (χ3v) is 5.65. The predicted molar refractivity (Wildman–Crippen MR) is 128 cm³/mol. The van der Waals surface area contributed by atoms with Gasteiger partial charge < -0.3 is 15.8 Å². The van der Waals surface area contributed by atoms with Crippen LogP contribution in [0.3, 0.4) is 0 Å². The van der Waals surface area contributed by atoms with Crippen LogP contribution in [0.2, 0.25) is 0 Å². The SMILES string of the molecule is C#Cc1nc(NC(=O)NC(COC(N)=O)c2ccc(-c3cccc4cnccc34)cc2)cs1. The summed E-state index contributed by atoms with van der Waals surface area (Å²) in [5.74, 6) is 2.74. The monoisotopic (exact) mass is 457 g/mol. The van der Waals surface area contributed by atoms with Gasteiger partial charge in [0.15, 0.2) is 5.01 Å². The molecule has 0 saturated heterocycles. The average Bonchev–Trinajstić information content (AvgIpc) is 3.29. The number of nitrogens with zero attached hydrogens (tertiary/aromatic N) is 2. The summed E-state index contributed by atoms with van der Waals surface area (Å²) >= 11 is 1.24. The van der Waals surface area contributed by atoms with Crippen molar-refractivity contribution >= 4 is 40.1 Å². The van der Waals surface area contributed by atoms with Gasteiger partial charge in [-0.05, 0) is 34.1 Å². The third-order valence-electron chi connectivity index (χ3n) is 4.87. The van der Waals surface area contributed by atoms with Gasteiger partial charge in [-0.15, -0.1) is 17.8 Å². The van der Waals surface area contributed by atoms with Crippen molar-refractivity contribution in [3.8, 4) is 23.5 Å².